The van der Waals surface area contributed by atoms with E-state index in [1.165, 1.54) is 7.11 Å². The molecule has 0 aliphatic carbocycles. The Bertz CT molecular complexity index is 354. The molecule has 0 aromatic carbocycles. The maximum Gasteiger partial charge on any atom is 0.358 e. The van der Waals surface area contributed by atoms with Gasteiger partial charge in [0, 0.05) is 0 Å². The molecule has 0 aliphatic rings. The van der Waals surface area contributed by atoms with Gasteiger partial charge in [-0.15, -0.1) is 0 Å². The summed E-state index contributed by atoms with van der Waals surface area (Å²) in [5, 5.41) is 0. The number of aromatic nitrogens is 2. The van der Waals surface area contributed by atoms with Crippen LogP contribution in [0.25, 0.3) is 0 Å². The Morgan fingerprint density at radius 3 is 2.69 bits per heavy atom. The molecule has 1 rings (SSSR count). The first-order valence-electron chi connectivity index (χ1n) is 3.44. The molecule has 70 valence electrons. The third kappa shape index (κ3) is 2.06. The minimum atomic E-state index is -0.497. The lowest BCUT2D eigenvalue weighted by atomic mass is 10.3. The lowest BCUT2D eigenvalue weighted by Crippen LogP contribution is -2.11. The van der Waals surface area contributed by atoms with Crippen LogP contribution in [0.3, 0.4) is 0 Å². The summed E-state index contributed by atoms with van der Waals surface area (Å²) < 4.78 is 5.03. The van der Waals surface area contributed by atoms with Gasteiger partial charge in [0.2, 0.25) is 0 Å². The number of hydrogen-bond acceptors (Lipinski definition) is 5. The number of carbonyl (C=O) groups excluding carboxylic acids is 1. The van der Waals surface area contributed by atoms with E-state index in [4.69, 9.17) is 5.73 Å². The van der Waals surface area contributed by atoms with E-state index in [0.29, 0.717) is 15.2 Å². The molecule has 6 heteroatoms. The zero-order chi connectivity index (χ0) is 10.0. The number of esters is 1. The van der Waals surface area contributed by atoms with Crippen LogP contribution in [0.5, 0.6) is 0 Å². The maximum absolute atomic E-state index is 11.1. The number of aryl methyl sites for hydroxylation is 1. The molecule has 13 heavy (non-hydrogen) atoms. The van der Waals surface area contributed by atoms with Gasteiger partial charge in [0.15, 0.2) is 11.5 Å². The van der Waals surface area contributed by atoms with Crippen molar-refractivity contribution in [3.05, 3.63) is 15.1 Å². The largest absolute Gasteiger partial charge is 0.464 e. The third-order valence-electron chi connectivity index (χ3n) is 1.43. The fraction of sp³-hybridized carbons (Fsp3) is 0.286. The van der Waals surface area contributed by atoms with E-state index in [1.807, 2.05) is 22.6 Å². The Morgan fingerprint density at radius 2 is 2.15 bits per heavy atom. The van der Waals surface area contributed by atoms with E-state index >= 15 is 0 Å². The molecule has 1 heterocycles. The second kappa shape index (κ2) is 3.86. The van der Waals surface area contributed by atoms with Gasteiger partial charge in [0.05, 0.1) is 12.8 Å². The molecular weight excluding hydrogens is 285 g/mol. The number of rotatable bonds is 1. The van der Waals surface area contributed by atoms with E-state index in [9.17, 15) is 4.79 Å². The molecule has 0 atom stereocenters. The second-order valence-electron chi connectivity index (χ2n) is 2.33. The summed E-state index contributed by atoms with van der Waals surface area (Å²) in [5.74, 6) is -0.173. The number of halogens is 1. The molecule has 0 saturated heterocycles. The molecule has 0 saturated carbocycles. The van der Waals surface area contributed by atoms with E-state index in [-0.39, 0.29) is 5.69 Å². The first kappa shape index (κ1) is 10.2. The number of anilines is 1. The number of nitrogens with two attached hydrogens (primary N) is 1. The monoisotopic (exact) mass is 293 g/mol. The summed E-state index contributed by atoms with van der Waals surface area (Å²) in [6, 6.07) is 0. The summed E-state index contributed by atoms with van der Waals surface area (Å²) in [6.07, 6.45) is 0. The smallest absolute Gasteiger partial charge is 0.358 e. The average Bonchev–Trinajstić information content (AvgIpc) is 2.10. The van der Waals surface area contributed by atoms with E-state index in [1.54, 1.807) is 6.92 Å². The molecule has 0 fully saturated rings. The minimum Gasteiger partial charge on any atom is -0.464 e. The summed E-state index contributed by atoms with van der Waals surface area (Å²) in [5.41, 5.74) is 6.18. The van der Waals surface area contributed by atoms with Crippen molar-refractivity contribution >= 4 is 34.4 Å². The fourth-order valence-corrected chi connectivity index (χ4v) is 1.17. The predicted molar refractivity (Wildman–Crippen MR) is 55.2 cm³/mol. The molecule has 5 nitrogen and oxygen atoms in total. The van der Waals surface area contributed by atoms with Gasteiger partial charge in [-0.05, 0) is 29.5 Å². The molecule has 2 N–H and O–H groups in total. The Labute approximate surface area is 88.8 Å². The quantitative estimate of drug-likeness (QED) is 0.611. The van der Waals surface area contributed by atoms with Gasteiger partial charge >= 0.3 is 5.97 Å². The van der Waals surface area contributed by atoms with Gasteiger partial charge in [-0.3, -0.25) is 0 Å². The van der Waals surface area contributed by atoms with Crippen LogP contribution in [-0.2, 0) is 4.74 Å². The number of ether oxygens (including phenoxy) is 1. The van der Waals surface area contributed by atoms with Crippen molar-refractivity contribution < 1.29 is 9.53 Å². The lowest BCUT2D eigenvalue weighted by Gasteiger charge is -2.03. The van der Waals surface area contributed by atoms with Crippen LogP contribution in [0.15, 0.2) is 0 Å². The SMILES string of the molecule is COC(=O)c1nc(I)c(N)nc1C. The number of carbonyl (C=O) groups is 1. The van der Waals surface area contributed by atoms with Crippen LogP contribution in [0.4, 0.5) is 5.82 Å². The Balaban J connectivity index is 3.23. The van der Waals surface area contributed by atoms with Crippen molar-refractivity contribution in [2.24, 2.45) is 0 Å². The zero-order valence-corrected chi connectivity index (χ0v) is 9.32. The third-order valence-corrected chi connectivity index (χ3v) is 2.22. The standard InChI is InChI=1S/C7H8IN3O2/c1-3-4(7(12)13-2)11-5(8)6(9)10-3/h1-2H3,(H2,9,10). The number of nitrogen functional groups attached to an aromatic ring is 1. The van der Waals surface area contributed by atoms with Gasteiger partial charge in [-0.2, -0.15) is 0 Å². The molecule has 0 amide bonds. The Kier molecular flexibility index (Phi) is 3.02. The van der Waals surface area contributed by atoms with Crippen molar-refractivity contribution in [1.82, 2.24) is 9.97 Å². The molecule has 0 unspecified atom stereocenters. The fourth-order valence-electron chi connectivity index (χ4n) is 0.806. The molecular formula is C7H8IN3O2. The number of methoxy groups -OCH3 is 1. The van der Waals surface area contributed by atoms with Crippen molar-refractivity contribution in [2.45, 2.75) is 6.92 Å². The van der Waals surface area contributed by atoms with Gasteiger partial charge in [0.1, 0.15) is 3.70 Å². The minimum absolute atomic E-state index is 0.209. The van der Waals surface area contributed by atoms with E-state index in [0.717, 1.165) is 0 Å². The van der Waals surface area contributed by atoms with Crippen molar-refractivity contribution in [2.75, 3.05) is 12.8 Å². The highest BCUT2D eigenvalue weighted by Gasteiger charge is 2.14. The molecule has 1 aromatic heterocycles. The second-order valence-corrected chi connectivity index (χ2v) is 3.35. The van der Waals surface area contributed by atoms with Crippen LogP contribution in [-0.4, -0.2) is 23.0 Å². The molecule has 0 radical (unpaired) electrons. The molecule has 1 aromatic rings. The number of hydrogen-bond donors (Lipinski definition) is 1. The van der Waals surface area contributed by atoms with Gasteiger partial charge in [-0.25, -0.2) is 14.8 Å². The van der Waals surface area contributed by atoms with Gasteiger partial charge in [0.25, 0.3) is 0 Å². The van der Waals surface area contributed by atoms with Crippen LogP contribution < -0.4 is 5.73 Å². The van der Waals surface area contributed by atoms with Crippen molar-refractivity contribution in [3.8, 4) is 0 Å². The highest BCUT2D eigenvalue weighted by Crippen LogP contribution is 2.12. The molecule has 0 bridgehead atoms. The normalized spacial score (nSPS) is 9.77. The average molecular weight is 293 g/mol. The number of nitrogens with zero attached hydrogens (tertiary/aromatic N) is 2. The van der Waals surface area contributed by atoms with Gasteiger partial charge < -0.3 is 10.5 Å². The summed E-state index contributed by atoms with van der Waals surface area (Å²) >= 11 is 1.91. The maximum atomic E-state index is 11.1. The lowest BCUT2D eigenvalue weighted by molar-refractivity contribution is 0.0592. The summed E-state index contributed by atoms with van der Waals surface area (Å²) in [4.78, 5) is 19.0. The zero-order valence-electron chi connectivity index (χ0n) is 7.17. The van der Waals surface area contributed by atoms with Crippen LogP contribution >= 0.6 is 22.6 Å². The Hall–Kier alpha value is -0.920. The van der Waals surface area contributed by atoms with Crippen LogP contribution in [0.2, 0.25) is 0 Å². The first-order valence-corrected chi connectivity index (χ1v) is 4.52. The van der Waals surface area contributed by atoms with E-state index in [2.05, 4.69) is 14.7 Å². The topological polar surface area (TPSA) is 78.1 Å². The molecule has 0 aliphatic heterocycles. The summed E-state index contributed by atoms with van der Waals surface area (Å²) in [7, 11) is 1.30. The van der Waals surface area contributed by atoms with Crippen LogP contribution in [0, 0.1) is 10.6 Å². The highest BCUT2D eigenvalue weighted by molar-refractivity contribution is 14.1. The summed E-state index contributed by atoms with van der Waals surface area (Å²) in [6.45, 7) is 1.66. The van der Waals surface area contributed by atoms with Crippen LogP contribution in [0.1, 0.15) is 16.2 Å². The highest BCUT2D eigenvalue weighted by atomic mass is 127. The molecule has 0 spiro atoms. The Morgan fingerprint density at radius 1 is 1.54 bits per heavy atom. The van der Waals surface area contributed by atoms with Gasteiger partial charge in [-0.1, -0.05) is 0 Å². The first-order chi connectivity index (χ1) is 6.06. The van der Waals surface area contributed by atoms with Crippen molar-refractivity contribution in [3.63, 3.8) is 0 Å². The van der Waals surface area contributed by atoms with E-state index < -0.39 is 5.97 Å². The predicted octanol–water partition coefficient (Wildman–Crippen LogP) is 0.758. The van der Waals surface area contributed by atoms with Crippen molar-refractivity contribution in [1.29, 1.82) is 0 Å².